The number of rotatable bonds is 7. The zero-order valence-electron chi connectivity index (χ0n) is 10.8. The second-order valence-electron chi connectivity index (χ2n) is 4.40. The van der Waals surface area contributed by atoms with E-state index < -0.39 is 0 Å². The molecule has 16 heavy (non-hydrogen) atoms. The molecule has 0 radical (unpaired) electrons. The van der Waals surface area contributed by atoms with Crippen molar-refractivity contribution < 1.29 is 0 Å². The van der Waals surface area contributed by atoms with Gasteiger partial charge in [0.2, 0.25) is 0 Å². The highest BCUT2D eigenvalue weighted by Gasteiger charge is 2.27. The Morgan fingerprint density at radius 3 is 2.25 bits per heavy atom. The summed E-state index contributed by atoms with van der Waals surface area (Å²) >= 11 is 0. The van der Waals surface area contributed by atoms with E-state index in [0.29, 0.717) is 0 Å². The summed E-state index contributed by atoms with van der Waals surface area (Å²) in [5, 5.41) is 3.56. The molecule has 0 bridgehead atoms. The van der Waals surface area contributed by atoms with Crippen LogP contribution in [0.15, 0.2) is 24.5 Å². The summed E-state index contributed by atoms with van der Waals surface area (Å²) in [5.41, 5.74) is 1.69. The first kappa shape index (κ1) is 13.2. The second kappa shape index (κ2) is 6.64. The van der Waals surface area contributed by atoms with Gasteiger partial charge in [0.15, 0.2) is 0 Å². The number of pyridine rings is 1. The van der Waals surface area contributed by atoms with Crippen LogP contribution in [-0.2, 0) is 5.41 Å². The van der Waals surface area contributed by atoms with Gasteiger partial charge in [-0.05, 0) is 43.5 Å². The minimum Gasteiger partial charge on any atom is -0.316 e. The van der Waals surface area contributed by atoms with Crippen LogP contribution in [0.2, 0.25) is 0 Å². The van der Waals surface area contributed by atoms with Crippen LogP contribution in [0.4, 0.5) is 0 Å². The first-order valence-corrected chi connectivity index (χ1v) is 6.40. The summed E-state index contributed by atoms with van der Waals surface area (Å²) in [6.45, 7) is 8.93. The molecule has 0 aliphatic rings. The molecule has 90 valence electrons. The molecule has 0 saturated heterocycles. The van der Waals surface area contributed by atoms with Crippen LogP contribution in [0.1, 0.15) is 45.6 Å². The third-order valence-electron chi connectivity index (χ3n) is 3.54. The predicted octanol–water partition coefficient (Wildman–Crippen LogP) is 3.14. The van der Waals surface area contributed by atoms with E-state index in [1.54, 1.807) is 0 Å². The van der Waals surface area contributed by atoms with Crippen molar-refractivity contribution in [2.75, 3.05) is 13.1 Å². The van der Waals surface area contributed by atoms with Gasteiger partial charge < -0.3 is 5.32 Å². The Hall–Kier alpha value is -0.890. The molecule has 0 aromatic carbocycles. The number of hydrogen-bond donors (Lipinski definition) is 1. The van der Waals surface area contributed by atoms with Crippen molar-refractivity contribution in [3.63, 3.8) is 0 Å². The molecule has 0 spiro atoms. The molecule has 0 saturated carbocycles. The van der Waals surface area contributed by atoms with Crippen molar-refractivity contribution >= 4 is 0 Å². The molecule has 0 atom stereocenters. The number of aromatic nitrogens is 1. The fraction of sp³-hybridized carbons (Fsp3) is 0.643. The normalized spacial score (nSPS) is 11.7. The molecule has 0 aliphatic carbocycles. The fourth-order valence-electron chi connectivity index (χ4n) is 2.22. The van der Waals surface area contributed by atoms with Crippen molar-refractivity contribution in [2.24, 2.45) is 0 Å². The summed E-state index contributed by atoms with van der Waals surface area (Å²) in [6, 6.07) is 4.31. The Morgan fingerprint density at radius 2 is 1.75 bits per heavy atom. The predicted molar refractivity (Wildman–Crippen MR) is 69.7 cm³/mol. The van der Waals surface area contributed by atoms with Gasteiger partial charge >= 0.3 is 0 Å². The van der Waals surface area contributed by atoms with Crippen molar-refractivity contribution in [3.8, 4) is 0 Å². The van der Waals surface area contributed by atoms with Crippen molar-refractivity contribution in [1.82, 2.24) is 10.3 Å². The summed E-state index contributed by atoms with van der Waals surface area (Å²) < 4.78 is 0. The third kappa shape index (κ3) is 3.05. The Balaban J connectivity index is 2.79. The van der Waals surface area contributed by atoms with E-state index in [1.807, 2.05) is 12.4 Å². The van der Waals surface area contributed by atoms with Gasteiger partial charge in [0.05, 0.1) is 0 Å². The van der Waals surface area contributed by atoms with Crippen LogP contribution in [0.25, 0.3) is 0 Å². The van der Waals surface area contributed by atoms with Crippen molar-refractivity contribution in [2.45, 2.75) is 45.4 Å². The minimum atomic E-state index is 0.276. The lowest BCUT2D eigenvalue weighted by atomic mass is 9.76. The van der Waals surface area contributed by atoms with Gasteiger partial charge in [0.1, 0.15) is 0 Å². The Labute approximate surface area is 99.5 Å². The molecule has 1 N–H and O–H groups in total. The molecule has 2 nitrogen and oxygen atoms in total. The van der Waals surface area contributed by atoms with E-state index in [4.69, 9.17) is 0 Å². The summed E-state index contributed by atoms with van der Waals surface area (Å²) in [7, 11) is 0. The van der Waals surface area contributed by atoms with E-state index in [1.165, 1.54) is 24.8 Å². The quantitative estimate of drug-likeness (QED) is 0.714. The number of nitrogens with one attached hydrogen (secondary N) is 1. The lowest BCUT2D eigenvalue weighted by Crippen LogP contribution is -2.37. The van der Waals surface area contributed by atoms with Crippen LogP contribution in [0, 0.1) is 0 Å². The average Bonchev–Trinajstić information content (AvgIpc) is 2.36. The Morgan fingerprint density at radius 1 is 1.12 bits per heavy atom. The van der Waals surface area contributed by atoms with Crippen LogP contribution in [-0.4, -0.2) is 18.1 Å². The van der Waals surface area contributed by atoms with Gasteiger partial charge in [-0.2, -0.15) is 0 Å². The maximum Gasteiger partial charge on any atom is 0.0270 e. The van der Waals surface area contributed by atoms with Gasteiger partial charge in [-0.3, -0.25) is 4.98 Å². The molecule has 0 amide bonds. The van der Waals surface area contributed by atoms with Gasteiger partial charge in [0.25, 0.3) is 0 Å². The van der Waals surface area contributed by atoms with Crippen molar-refractivity contribution in [1.29, 1.82) is 0 Å². The van der Waals surface area contributed by atoms with Gasteiger partial charge in [-0.1, -0.05) is 20.8 Å². The highest BCUT2D eigenvalue weighted by atomic mass is 14.9. The largest absolute Gasteiger partial charge is 0.316 e. The minimum absolute atomic E-state index is 0.276. The van der Waals surface area contributed by atoms with E-state index in [2.05, 4.69) is 43.2 Å². The highest BCUT2D eigenvalue weighted by Crippen LogP contribution is 2.30. The Bertz CT molecular complexity index is 278. The lowest BCUT2D eigenvalue weighted by molar-refractivity contribution is 0.368. The van der Waals surface area contributed by atoms with E-state index in [-0.39, 0.29) is 5.41 Å². The molecule has 0 fully saturated rings. The smallest absolute Gasteiger partial charge is 0.0270 e. The van der Waals surface area contributed by atoms with Gasteiger partial charge in [-0.25, -0.2) is 0 Å². The zero-order valence-corrected chi connectivity index (χ0v) is 10.8. The lowest BCUT2D eigenvalue weighted by Gasteiger charge is -2.32. The maximum absolute atomic E-state index is 4.10. The standard InChI is InChI=1S/C14H24N2/c1-4-9-16-12-14(5-2,6-3)13-7-10-15-11-8-13/h7-8,10-11,16H,4-6,9,12H2,1-3H3. The van der Waals surface area contributed by atoms with E-state index >= 15 is 0 Å². The summed E-state index contributed by atoms with van der Waals surface area (Å²) in [5.74, 6) is 0. The van der Waals surface area contributed by atoms with E-state index in [0.717, 1.165) is 13.1 Å². The fourth-order valence-corrected chi connectivity index (χ4v) is 2.22. The molecule has 1 rings (SSSR count). The SMILES string of the molecule is CCCNCC(CC)(CC)c1ccncc1. The number of hydrogen-bond acceptors (Lipinski definition) is 2. The Kier molecular flexibility index (Phi) is 5.47. The van der Waals surface area contributed by atoms with Gasteiger partial charge in [0, 0.05) is 24.4 Å². The molecule has 1 aromatic heterocycles. The maximum atomic E-state index is 4.10. The van der Waals surface area contributed by atoms with E-state index in [9.17, 15) is 0 Å². The van der Waals surface area contributed by atoms with Crippen LogP contribution in [0.3, 0.4) is 0 Å². The third-order valence-corrected chi connectivity index (χ3v) is 3.54. The average molecular weight is 220 g/mol. The topological polar surface area (TPSA) is 24.9 Å². The molecule has 2 heteroatoms. The summed E-state index contributed by atoms with van der Waals surface area (Å²) in [4.78, 5) is 4.10. The van der Waals surface area contributed by atoms with Crippen LogP contribution >= 0.6 is 0 Å². The summed E-state index contributed by atoms with van der Waals surface area (Å²) in [6.07, 6.45) is 7.33. The first-order valence-electron chi connectivity index (χ1n) is 6.40. The molecule has 1 heterocycles. The highest BCUT2D eigenvalue weighted by molar-refractivity contribution is 5.23. The zero-order chi connectivity index (χ0) is 11.9. The second-order valence-corrected chi connectivity index (χ2v) is 4.40. The molecule has 0 unspecified atom stereocenters. The first-order chi connectivity index (χ1) is 7.79. The molecular formula is C14H24N2. The van der Waals surface area contributed by atoms with Crippen LogP contribution < -0.4 is 5.32 Å². The molecular weight excluding hydrogens is 196 g/mol. The number of nitrogens with zero attached hydrogens (tertiary/aromatic N) is 1. The molecule has 1 aromatic rings. The monoisotopic (exact) mass is 220 g/mol. The van der Waals surface area contributed by atoms with Crippen LogP contribution in [0.5, 0.6) is 0 Å². The van der Waals surface area contributed by atoms with Gasteiger partial charge in [-0.15, -0.1) is 0 Å². The van der Waals surface area contributed by atoms with Crippen molar-refractivity contribution in [3.05, 3.63) is 30.1 Å². The molecule has 0 aliphatic heterocycles.